The van der Waals surface area contributed by atoms with Crippen LogP contribution >= 0.6 is 0 Å². The van der Waals surface area contributed by atoms with Crippen molar-refractivity contribution in [2.75, 3.05) is 7.05 Å². The molecule has 2 bridgehead atoms. The van der Waals surface area contributed by atoms with Crippen LogP contribution in [0.4, 0.5) is 0 Å². The molecule has 2 aromatic heterocycles. The summed E-state index contributed by atoms with van der Waals surface area (Å²) in [5.74, 6) is 0.134. The van der Waals surface area contributed by atoms with Crippen LogP contribution in [0.5, 0.6) is 5.75 Å². The molecule has 4 heterocycles. The Morgan fingerprint density at radius 3 is 2.60 bits per heavy atom. The summed E-state index contributed by atoms with van der Waals surface area (Å²) >= 11 is 0. The van der Waals surface area contributed by atoms with Crippen LogP contribution in [0.2, 0.25) is 0 Å². The van der Waals surface area contributed by atoms with Gasteiger partial charge < -0.3 is 15.3 Å². The van der Waals surface area contributed by atoms with E-state index in [1.807, 2.05) is 13.0 Å². The molecule has 0 radical (unpaired) electrons. The number of rotatable bonds is 4. The summed E-state index contributed by atoms with van der Waals surface area (Å²) in [7, 11) is 2.20. The fourth-order valence-corrected chi connectivity index (χ4v) is 5.09. The fraction of sp³-hybridized carbons (Fsp3) is 0.435. The summed E-state index contributed by atoms with van der Waals surface area (Å²) in [6, 6.07) is 10.0. The highest BCUT2D eigenvalue weighted by Crippen LogP contribution is 2.34. The Morgan fingerprint density at radius 2 is 1.93 bits per heavy atom. The van der Waals surface area contributed by atoms with Crippen LogP contribution in [0.25, 0.3) is 22.3 Å². The van der Waals surface area contributed by atoms with E-state index in [0.29, 0.717) is 29.0 Å². The number of carbonyl (C=O) groups excluding carboxylic acids is 1. The largest absolute Gasteiger partial charge is 0.508 e. The van der Waals surface area contributed by atoms with Crippen molar-refractivity contribution < 1.29 is 9.90 Å². The van der Waals surface area contributed by atoms with Crippen molar-refractivity contribution in [2.45, 2.75) is 57.2 Å². The highest BCUT2D eigenvalue weighted by atomic mass is 16.3. The van der Waals surface area contributed by atoms with E-state index in [2.05, 4.69) is 32.4 Å². The number of hydrogen-bond acceptors (Lipinski definition) is 5. The minimum atomic E-state index is -0.0625. The number of phenolic OH excluding ortho intramolecular Hbond substituents is 1. The maximum Gasteiger partial charge on any atom is 0.252 e. The maximum absolute atomic E-state index is 13.4. The highest BCUT2D eigenvalue weighted by molar-refractivity contribution is 6.07. The second-order valence-electron chi connectivity index (χ2n) is 8.55. The number of benzene rings is 1. The van der Waals surface area contributed by atoms with Crippen LogP contribution in [0.15, 0.2) is 30.3 Å². The number of pyridine rings is 1. The molecule has 0 aliphatic carbocycles. The molecule has 7 heteroatoms. The van der Waals surface area contributed by atoms with Crippen molar-refractivity contribution in [3.63, 3.8) is 0 Å². The normalized spacial score (nSPS) is 23.7. The molecule has 2 atom stereocenters. The second kappa shape index (κ2) is 7.40. The predicted molar refractivity (Wildman–Crippen MR) is 115 cm³/mol. The number of aryl methyl sites for hydroxylation is 1. The van der Waals surface area contributed by atoms with Crippen molar-refractivity contribution in [3.05, 3.63) is 41.6 Å². The van der Waals surface area contributed by atoms with Crippen molar-refractivity contribution in [3.8, 4) is 17.0 Å². The molecule has 2 fully saturated rings. The van der Waals surface area contributed by atoms with Crippen molar-refractivity contribution in [2.24, 2.45) is 0 Å². The predicted octanol–water partition coefficient (Wildman–Crippen LogP) is 3.25. The summed E-state index contributed by atoms with van der Waals surface area (Å²) in [4.78, 5) is 20.6. The molecule has 7 nitrogen and oxygen atoms in total. The first kappa shape index (κ1) is 19.1. The van der Waals surface area contributed by atoms with Crippen molar-refractivity contribution in [1.82, 2.24) is 25.4 Å². The third-order valence-electron chi connectivity index (χ3n) is 6.79. The Kier molecular flexibility index (Phi) is 4.70. The van der Waals surface area contributed by atoms with Gasteiger partial charge in [0.1, 0.15) is 5.75 Å². The van der Waals surface area contributed by atoms with Crippen molar-refractivity contribution in [1.29, 1.82) is 0 Å². The summed E-state index contributed by atoms with van der Waals surface area (Å²) in [6.45, 7) is 2.04. The lowest BCUT2D eigenvalue weighted by atomic mass is 9.97. The lowest BCUT2D eigenvalue weighted by Crippen LogP contribution is -2.48. The molecule has 3 aromatic rings. The molecule has 0 saturated carbocycles. The number of H-pyrrole nitrogens is 1. The summed E-state index contributed by atoms with van der Waals surface area (Å²) in [6.07, 6.45) is 5.20. The minimum Gasteiger partial charge on any atom is -0.508 e. The monoisotopic (exact) mass is 405 g/mol. The van der Waals surface area contributed by atoms with Crippen LogP contribution in [0.1, 0.15) is 48.7 Å². The van der Waals surface area contributed by atoms with Gasteiger partial charge in [-0.3, -0.25) is 9.89 Å². The molecular formula is C23H27N5O2. The number of aromatic amines is 1. The Balaban J connectivity index is 1.50. The summed E-state index contributed by atoms with van der Waals surface area (Å²) in [5, 5.41) is 21.1. The average molecular weight is 406 g/mol. The molecule has 5 rings (SSSR count). The minimum absolute atomic E-state index is 0.0625. The molecule has 0 unspecified atom stereocenters. The number of amides is 1. The number of nitrogens with one attached hydrogen (secondary N) is 2. The van der Waals surface area contributed by atoms with Gasteiger partial charge in [0.2, 0.25) is 0 Å². The number of carbonyl (C=O) groups is 1. The zero-order valence-corrected chi connectivity index (χ0v) is 17.4. The van der Waals surface area contributed by atoms with Gasteiger partial charge in [0.15, 0.2) is 5.65 Å². The van der Waals surface area contributed by atoms with E-state index >= 15 is 0 Å². The average Bonchev–Trinajstić information content (AvgIpc) is 3.24. The lowest BCUT2D eigenvalue weighted by Gasteiger charge is -2.36. The lowest BCUT2D eigenvalue weighted by molar-refractivity contribution is 0.0884. The SMILES string of the molecule is CCc1[nH]nc2nc(-c3ccc(O)cc3)cc(C(=O)NC3C[C@H]4CC[C@H](C3)N4C)c12. The molecule has 1 amide bonds. The maximum atomic E-state index is 13.4. The van der Waals surface area contributed by atoms with E-state index in [9.17, 15) is 9.90 Å². The third-order valence-corrected chi connectivity index (χ3v) is 6.79. The molecule has 2 saturated heterocycles. The number of aromatic hydroxyl groups is 1. The molecule has 2 aliphatic rings. The summed E-state index contributed by atoms with van der Waals surface area (Å²) < 4.78 is 0. The molecular weight excluding hydrogens is 378 g/mol. The first-order valence-corrected chi connectivity index (χ1v) is 10.7. The molecule has 156 valence electrons. The number of hydrogen-bond donors (Lipinski definition) is 3. The van der Waals surface area contributed by atoms with Gasteiger partial charge in [-0.2, -0.15) is 5.10 Å². The number of nitrogens with zero attached hydrogens (tertiary/aromatic N) is 3. The van der Waals surface area contributed by atoms with E-state index in [4.69, 9.17) is 0 Å². The first-order valence-electron chi connectivity index (χ1n) is 10.7. The van der Waals surface area contributed by atoms with Gasteiger partial charge in [0.25, 0.3) is 5.91 Å². The van der Waals surface area contributed by atoms with E-state index < -0.39 is 0 Å². The standard InChI is InChI=1S/C23H27N5O2/c1-3-19-21-18(23(30)24-14-10-15-6-7-16(11-14)28(15)2)12-20(25-22(21)27-26-19)13-4-8-17(29)9-5-13/h4-5,8-9,12,14-16,29H,3,6-7,10-11H2,1-2H3,(H,24,30)(H,25,26,27)/t15-,16-/m1/s1. The van der Waals surface area contributed by atoms with Crippen LogP contribution < -0.4 is 5.32 Å². The zero-order valence-electron chi connectivity index (χ0n) is 17.4. The van der Waals surface area contributed by atoms with Gasteiger partial charge in [0.05, 0.1) is 16.6 Å². The Bertz CT molecular complexity index is 1080. The Morgan fingerprint density at radius 1 is 1.23 bits per heavy atom. The van der Waals surface area contributed by atoms with E-state index in [1.54, 1.807) is 24.3 Å². The molecule has 3 N–H and O–H groups in total. The quantitative estimate of drug-likeness (QED) is 0.619. The fourth-order valence-electron chi connectivity index (χ4n) is 5.09. The molecule has 30 heavy (non-hydrogen) atoms. The second-order valence-corrected chi connectivity index (χ2v) is 8.55. The highest BCUT2D eigenvalue weighted by Gasteiger charge is 2.39. The van der Waals surface area contributed by atoms with Gasteiger partial charge in [-0.15, -0.1) is 0 Å². The number of phenols is 1. The van der Waals surface area contributed by atoms with Crippen molar-refractivity contribution >= 4 is 16.9 Å². The van der Waals surface area contributed by atoms with Crippen LogP contribution in [-0.2, 0) is 6.42 Å². The third kappa shape index (κ3) is 3.23. The van der Waals surface area contributed by atoms with Gasteiger partial charge in [0, 0.05) is 29.4 Å². The van der Waals surface area contributed by atoms with Crippen LogP contribution in [0, 0.1) is 0 Å². The van der Waals surface area contributed by atoms with E-state index in [0.717, 1.165) is 35.9 Å². The van der Waals surface area contributed by atoms with Gasteiger partial charge in [-0.25, -0.2) is 4.98 Å². The number of fused-ring (bicyclic) bond motifs is 3. The Hall–Kier alpha value is -2.93. The number of aromatic nitrogens is 3. The van der Waals surface area contributed by atoms with Gasteiger partial charge in [-0.05, 0) is 69.5 Å². The Labute approximate surface area is 175 Å². The number of piperidine rings is 1. The molecule has 2 aliphatic heterocycles. The smallest absolute Gasteiger partial charge is 0.252 e. The van der Waals surface area contributed by atoms with E-state index in [1.165, 1.54) is 12.8 Å². The van der Waals surface area contributed by atoms with Crippen LogP contribution in [-0.4, -0.2) is 56.3 Å². The van der Waals surface area contributed by atoms with Gasteiger partial charge in [-0.1, -0.05) is 6.92 Å². The van der Waals surface area contributed by atoms with E-state index in [-0.39, 0.29) is 17.7 Å². The molecule has 0 spiro atoms. The van der Waals surface area contributed by atoms with Crippen LogP contribution in [0.3, 0.4) is 0 Å². The summed E-state index contributed by atoms with van der Waals surface area (Å²) in [5.41, 5.74) is 3.58. The van der Waals surface area contributed by atoms with Gasteiger partial charge >= 0.3 is 0 Å². The molecule has 1 aromatic carbocycles. The topological polar surface area (TPSA) is 94.1 Å². The zero-order chi connectivity index (χ0) is 20.8. The first-order chi connectivity index (χ1) is 14.5.